The number of hydrogen-bond donors (Lipinski definition) is 0. The average molecular weight is 684 g/mol. The van der Waals surface area contributed by atoms with Crippen molar-refractivity contribution in [2.45, 2.75) is 0 Å². The molecule has 0 aliphatic carbocycles. The molecule has 0 heterocycles. The third kappa shape index (κ3) is 4.35. The molecule has 38 heavy (non-hydrogen) atoms. The Hall–Kier alpha value is -3.69. The van der Waals surface area contributed by atoms with Gasteiger partial charge in [0.05, 0.1) is 0 Å². The van der Waals surface area contributed by atoms with Crippen LogP contribution in [-0.4, -0.2) is 0 Å². The van der Waals surface area contributed by atoms with Gasteiger partial charge in [-0.2, -0.15) is 0 Å². The van der Waals surface area contributed by atoms with Crippen molar-refractivity contribution < 1.29 is 22.4 Å². The molecule has 0 spiro atoms. The summed E-state index contributed by atoms with van der Waals surface area (Å²) in [5, 5.41) is 11.7. The molecule has 2 heteroatoms. The summed E-state index contributed by atoms with van der Waals surface area (Å²) in [6, 6.07) is 50.1. The molecule has 0 fully saturated rings. The van der Waals surface area contributed by atoms with Crippen LogP contribution >= 0.6 is 7.92 Å². The van der Waals surface area contributed by atoms with Crippen LogP contribution in [0.1, 0.15) is 11.1 Å². The number of rotatable bonds is 3. The van der Waals surface area contributed by atoms with Crippen molar-refractivity contribution in [1.82, 2.24) is 0 Å². The maximum atomic E-state index is 3.59. The zero-order valence-electron chi connectivity index (χ0n) is 20.5. The molecule has 0 amide bonds. The molecule has 0 N–H and O–H groups in total. The molecule has 0 aliphatic rings. The molecule has 0 aromatic heterocycles. The van der Waals surface area contributed by atoms with Crippen molar-refractivity contribution in [3.05, 3.63) is 151 Å². The Labute approximate surface area is 239 Å². The Balaban J connectivity index is 0.00000264. The smallest absolute Gasteiger partial charge is 0.0332 e. The van der Waals surface area contributed by atoms with E-state index >= 15 is 0 Å². The molecule has 183 valence electrons. The van der Waals surface area contributed by atoms with Gasteiger partial charge >= 0.3 is 0 Å². The SMILES string of the molecule is C(#Cc1ccc2ccc3cccc4ccc1c2c34)c1ccccc1P(c1ccccc1)c1ccccc1.[Au]. The number of benzene rings is 7. The molecule has 0 atom stereocenters. The second kappa shape index (κ2) is 10.6. The van der Waals surface area contributed by atoms with Crippen LogP contribution < -0.4 is 15.9 Å². The largest absolute Gasteiger partial charge is 0.0622 e. The summed E-state index contributed by atoms with van der Waals surface area (Å²) in [5.41, 5.74) is 2.16. The van der Waals surface area contributed by atoms with Crippen LogP contribution in [-0.2, 0) is 22.4 Å². The van der Waals surface area contributed by atoms with Gasteiger partial charge in [-0.1, -0.05) is 139 Å². The molecule has 0 unspecified atom stereocenters. The molecule has 7 aromatic carbocycles. The topological polar surface area (TPSA) is 0 Å². The molecule has 0 aliphatic heterocycles. The van der Waals surface area contributed by atoms with Crippen molar-refractivity contribution in [2.24, 2.45) is 0 Å². The summed E-state index contributed by atoms with van der Waals surface area (Å²) < 4.78 is 0. The van der Waals surface area contributed by atoms with E-state index in [1.807, 2.05) is 0 Å². The van der Waals surface area contributed by atoms with Crippen LogP contribution in [0.4, 0.5) is 0 Å². The zero-order chi connectivity index (χ0) is 24.6. The normalized spacial score (nSPS) is 11.0. The first-order valence-corrected chi connectivity index (χ1v) is 13.9. The van der Waals surface area contributed by atoms with Crippen molar-refractivity contribution in [3.63, 3.8) is 0 Å². The predicted octanol–water partition coefficient (Wildman–Crippen LogP) is 7.74. The fourth-order valence-electron chi connectivity index (χ4n) is 5.33. The molecule has 7 rings (SSSR count). The quantitative estimate of drug-likeness (QED) is 0.0775. The molecule has 0 saturated heterocycles. The van der Waals surface area contributed by atoms with Crippen LogP contribution in [0.2, 0.25) is 0 Å². The Bertz CT molecular complexity index is 1880. The summed E-state index contributed by atoms with van der Waals surface area (Å²) in [6.07, 6.45) is 0. The predicted molar refractivity (Wildman–Crippen MR) is 161 cm³/mol. The van der Waals surface area contributed by atoms with Gasteiger partial charge in [-0.15, -0.1) is 0 Å². The van der Waals surface area contributed by atoms with E-state index < -0.39 is 7.92 Å². The summed E-state index contributed by atoms with van der Waals surface area (Å²) in [7, 11) is -0.717. The Morgan fingerprint density at radius 2 is 0.921 bits per heavy atom. The summed E-state index contributed by atoms with van der Waals surface area (Å²) in [4.78, 5) is 0. The van der Waals surface area contributed by atoms with Crippen LogP contribution in [0.15, 0.2) is 140 Å². The van der Waals surface area contributed by atoms with E-state index in [-0.39, 0.29) is 22.4 Å². The fourth-order valence-corrected chi connectivity index (χ4v) is 7.74. The summed E-state index contributed by atoms with van der Waals surface area (Å²) >= 11 is 0. The molecule has 1 radical (unpaired) electrons. The molecule has 0 saturated carbocycles. The second-order valence-electron chi connectivity index (χ2n) is 9.24. The van der Waals surface area contributed by atoms with Gasteiger partial charge in [0.1, 0.15) is 0 Å². The Kier molecular flexibility index (Phi) is 6.86. The van der Waals surface area contributed by atoms with E-state index in [1.54, 1.807) is 0 Å². The van der Waals surface area contributed by atoms with Crippen molar-refractivity contribution in [3.8, 4) is 11.8 Å². The van der Waals surface area contributed by atoms with E-state index in [0.29, 0.717) is 0 Å². The average Bonchev–Trinajstić information content (AvgIpc) is 2.97. The minimum absolute atomic E-state index is 0. The first kappa shape index (κ1) is 24.6. The van der Waals surface area contributed by atoms with E-state index in [2.05, 4.69) is 151 Å². The summed E-state index contributed by atoms with van der Waals surface area (Å²) in [6.45, 7) is 0. The molecule has 0 bridgehead atoms. The maximum Gasteiger partial charge on any atom is 0.0332 e. The van der Waals surface area contributed by atoms with Gasteiger partial charge in [0, 0.05) is 38.8 Å². The van der Waals surface area contributed by atoms with Gasteiger partial charge in [0.2, 0.25) is 0 Å². The second-order valence-corrected chi connectivity index (χ2v) is 11.4. The van der Waals surface area contributed by atoms with Gasteiger partial charge in [-0.3, -0.25) is 0 Å². The third-order valence-electron chi connectivity index (χ3n) is 7.03. The van der Waals surface area contributed by atoms with Crippen LogP contribution in [0.5, 0.6) is 0 Å². The minimum Gasteiger partial charge on any atom is -0.0622 e. The van der Waals surface area contributed by atoms with E-state index in [1.165, 1.54) is 48.2 Å². The number of hydrogen-bond acceptors (Lipinski definition) is 0. The van der Waals surface area contributed by atoms with Crippen molar-refractivity contribution >= 4 is 56.2 Å². The molecule has 7 aromatic rings. The molecular formula is C36H23AuP. The fraction of sp³-hybridized carbons (Fsp3) is 0. The molecule has 0 nitrogen and oxygen atoms in total. The van der Waals surface area contributed by atoms with Gasteiger partial charge in [0.15, 0.2) is 0 Å². The van der Waals surface area contributed by atoms with Gasteiger partial charge < -0.3 is 0 Å². The van der Waals surface area contributed by atoms with Crippen molar-refractivity contribution in [1.29, 1.82) is 0 Å². The van der Waals surface area contributed by atoms with Crippen LogP contribution in [0.3, 0.4) is 0 Å². The van der Waals surface area contributed by atoms with Crippen LogP contribution in [0.25, 0.3) is 32.3 Å². The first-order valence-electron chi connectivity index (χ1n) is 12.5. The van der Waals surface area contributed by atoms with Crippen molar-refractivity contribution in [2.75, 3.05) is 0 Å². The van der Waals surface area contributed by atoms with Gasteiger partial charge in [-0.05, 0) is 63.0 Å². The van der Waals surface area contributed by atoms with E-state index in [4.69, 9.17) is 0 Å². The Morgan fingerprint density at radius 1 is 0.395 bits per heavy atom. The molecular weight excluding hydrogens is 660 g/mol. The van der Waals surface area contributed by atoms with Crippen LogP contribution in [0, 0.1) is 11.8 Å². The van der Waals surface area contributed by atoms with E-state index in [9.17, 15) is 0 Å². The monoisotopic (exact) mass is 683 g/mol. The van der Waals surface area contributed by atoms with Gasteiger partial charge in [-0.25, -0.2) is 0 Å². The van der Waals surface area contributed by atoms with Gasteiger partial charge in [0.25, 0.3) is 0 Å². The summed E-state index contributed by atoms with van der Waals surface area (Å²) in [5.74, 6) is 7.16. The Morgan fingerprint density at radius 3 is 1.61 bits per heavy atom. The van der Waals surface area contributed by atoms with E-state index in [0.717, 1.165) is 11.1 Å². The maximum absolute atomic E-state index is 3.59. The zero-order valence-corrected chi connectivity index (χ0v) is 23.6. The minimum atomic E-state index is -0.717. The standard InChI is InChI=1S/C36H23P.Au/c1-3-13-31(14-4-1)37(32-15-5-2-6-16-32)34-17-8-7-10-27(34)20-18-26-19-21-30-23-22-28-11-9-12-29-24-25-33(26)36(30)35(28)29;/h1-17,19,21-25H;. The third-order valence-corrected chi connectivity index (χ3v) is 9.54. The first-order chi connectivity index (χ1) is 18.4.